The lowest BCUT2D eigenvalue weighted by Gasteiger charge is -2.12. The Morgan fingerprint density at radius 2 is 1.76 bits per heavy atom. The molecule has 25 heavy (non-hydrogen) atoms. The normalized spacial score (nSPS) is 10.6. The number of rotatable bonds is 6. The Morgan fingerprint density at radius 3 is 2.44 bits per heavy atom. The lowest BCUT2D eigenvalue weighted by molar-refractivity contribution is 0.679. The molecule has 1 heterocycles. The average Bonchev–Trinajstić information content (AvgIpc) is 2.63. The molecule has 0 fully saturated rings. The highest BCUT2D eigenvalue weighted by atomic mass is 35.5. The standard InChI is InChI=1S/C18H18ClN5O/c1-2-24-16(14-8-10-15(19)11-9-14)21-17(22-18(24)25)23-20-12-13-6-4-3-5-7-13/h3-11,20H,2,12H2,1H3,(H,22,23,25). The lowest BCUT2D eigenvalue weighted by atomic mass is 10.2. The van der Waals surface area contributed by atoms with Crippen LogP contribution in [-0.4, -0.2) is 14.5 Å². The van der Waals surface area contributed by atoms with Crippen molar-refractivity contribution in [2.75, 3.05) is 5.43 Å². The fourth-order valence-corrected chi connectivity index (χ4v) is 2.53. The summed E-state index contributed by atoms with van der Waals surface area (Å²) >= 11 is 5.94. The molecule has 3 aromatic rings. The molecule has 0 radical (unpaired) electrons. The molecule has 0 atom stereocenters. The number of aromatic nitrogens is 3. The van der Waals surface area contributed by atoms with Gasteiger partial charge in [-0.2, -0.15) is 9.97 Å². The first-order valence-corrected chi connectivity index (χ1v) is 8.33. The van der Waals surface area contributed by atoms with Gasteiger partial charge in [-0.15, -0.1) is 0 Å². The zero-order valence-corrected chi connectivity index (χ0v) is 14.5. The number of nitrogens with one attached hydrogen (secondary N) is 2. The van der Waals surface area contributed by atoms with E-state index in [1.54, 1.807) is 12.1 Å². The first-order chi connectivity index (χ1) is 12.2. The van der Waals surface area contributed by atoms with E-state index in [0.717, 1.165) is 11.1 Å². The van der Waals surface area contributed by atoms with Gasteiger partial charge < -0.3 is 0 Å². The van der Waals surface area contributed by atoms with Gasteiger partial charge in [0.15, 0.2) is 0 Å². The number of hydrogen-bond donors (Lipinski definition) is 2. The average molecular weight is 356 g/mol. The van der Waals surface area contributed by atoms with Crippen LogP contribution in [0.3, 0.4) is 0 Å². The fraction of sp³-hybridized carbons (Fsp3) is 0.167. The summed E-state index contributed by atoms with van der Waals surface area (Å²) in [5.41, 5.74) is 7.48. The van der Waals surface area contributed by atoms with Gasteiger partial charge in [0.2, 0.25) is 5.95 Å². The number of hydrogen-bond acceptors (Lipinski definition) is 5. The molecule has 1 aromatic heterocycles. The zero-order chi connectivity index (χ0) is 17.6. The summed E-state index contributed by atoms with van der Waals surface area (Å²) in [5.74, 6) is 0.777. The monoisotopic (exact) mass is 355 g/mol. The minimum Gasteiger partial charge on any atom is -0.289 e. The molecule has 2 aromatic carbocycles. The smallest absolute Gasteiger partial charge is 0.289 e. The van der Waals surface area contributed by atoms with Crippen LogP contribution in [-0.2, 0) is 13.1 Å². The first kappa shape index (κ1) is 17.1. The van der Waals surface area contributed by atoms with Crippen LogP contribution in [0.1, 0.15) is 12.5 Å². The highest BCUT2D eigenvalue weighted by molar-refractivity contribution is 6.30. The van der Waals surface area contributed by atoms with E-state index in [0.29, 0.717) is 23.9 Å². The minimum atomic E-state index is -0.355. The van der Waals surface area contributed by atoms with Crippen molar-refractivity contribution in [2.45, 2.75) is 20.0 Å². The molecule has 0 saturated carbocycles. The van der Waals surface area contributed by atoms with E-state index in [9.17, 15) is 4.79 Å². The molecule has 128 valence electrons. The lowest BCUT2D eigenvalue weighted by Crippen LogP contribution is -2.30. The Kier molecular flexibility index (Phi) is 5.42. The van der Waals surface area contributed by atoms with Crippen LogP contribution in [0.5, 0.6) is 0 Å². The van der Waals surface area contributed by atoms with E-state index in [-0.39, 0.29) is 11.6 Å². The number of hydrazine groups is 1. The quantitative estimate of drug-likeness (QED) is 0.665. The van der Waals surface area contributed by atoms with Crippen molar-refractivity contribution in [1.29, 1.82) is 0 Å². The highest BCUT2D eigenvalue weighted by Crippen LogP contribution is 2.19. The van der Waals surface area contributed by atoms with Crippen LogP contribution in [0, 0.1) is 0 Å². The van der Waals surface area contributed by atoms with Crippen molar-refractivity contribution in [1.82, 2.24) is 20.0 Å². The predicted octanol–water partition coefficient (Wildman–Crippen LogP) is 3.10. The van der Waals surface area contributed by atoms with Gasteiger partial charge in [0.1, 0.15) is 5.82 Å². The van der Waals surface area contributed by atoms with Crippen LogP contribution in [0.2, 0.25) is 5.02 Å². The van der Waals surface area contributed by atoms with Crippen molar-refractivity contribution < 1.29 is 0 Å². The van der Waals surface area contributed by atoms with Gasteiger partial charge in [-0.1, -0.05) is 41.9 Å². The van der Waals surface area contributed by atoms with E-state index in [2.05, 4.69) is 20.8 Å². The Hall–Kier alpha value is -2.70. The maximum absolute atomic E-state index is 12.3. The maximum atomic E-state index is 12.3. The Morgan fingerprint density at radius 1 is 1.04 bits per heavy atom. The van der Waals surface area contributed by atoms with Crippen molar-refractivity contribution in [3.05, 3.63) is 75.7 Å². The Labute approximate surface area is 150 Å². The van der Waals surface area contributed by atoms with Crippen LogP contribution in [0.15, 0.2) is 59.4 Å². The van der Waals surface area contributed by atoms with Crippen molar-refractivity contribution in [3.8, 4) is 11.4 Å². The molecular formula is C18H18ClN5O. The summed E-state index contributed by atoms with van der Waals surface area (Å²) in [6, 6.07) is 17.1. The zero-order valence-electron chi connectivity index (χ0n) is 13.7. The van der Waals surface area contributed by atoms with Gasteiger partial charge in [0.25, 0.3) is 0 Å². The van der Waals surface area contributed by atoms with E-state index in [1.165, 1.54) is 4.57 Å². The molecule has 3 rings (SSSR count). The molecule has 2 N–H and O–H groups in total. The summed E-state index contributed by atoms with van der Waals surface area (Å²) in [5, 5.41) is 0.631. The second kappa shape index (κ2) is 7.92. The Bertz CT molecular complexity index is 894. The van der Waals surface area contributed by atoms with Gasteiger partial charge in [0, 0.05) is 23.7 Å². The van der Waals surface area contributed by atoms with Crippen LogP contribution < -0.4 is 16.5 Å². The third-order valence-electron chi connectivity index (χ3n) is 3.65. The summed E-state index contributed by atoms with van der Waals surface area (Å²) in [4.78, 5) is 20.7. The minimum absolute atomic E-state index is 0.232. The van der Waals surface area contributed by atoms with Crippen LogP contribution in [0.25, 0.3) is 11.4 Å². The van der Waals surface area contributed by atoms with Gasteiger partial charge in [-0.3, -0.25) is 9.99 Å². The third kappa shape index (κ3) is 4.23. The van der Waals surface area contributed by atoms with Crippen molar-refractivity contribution >= 4 is 17.5 Å². The molecule has 0 saturated heterocycles. The van der Waals surface area contributed by atoms with Crippen LogP contribution in [0.4, 0.5) is 5.95 Å². The summed E-state index contributed by atoms with van der Waals surface area (Å²) in [6.07, 6.45) is 0. The summed E-state index contributed by atoms with van der Waals surface area (Å²) < 4.78 is 1.52. The van der Waals surface area contributed by atoms with E-state index in [1.807, 2.05) is 49.4 Å². The largest absolute Gasteiger partial charge is 0.352 e. The molecule has 0 aliphatic heterocycles. The molecule has 0 amide bonds. The molecule has 7 heteroatoms. The SMILES string of the molecule is CCn1c(-c2ccc(Cl)cc2)nc(NNCc2ccccc2)nc1=O. The topological polar surface area (TPSA) is 71.8 Å². The van der Waals surface area contributed by atoms with E-state index in [4.69, 9.17) is 11.6 Å². The molecule has 6 nitrogen and oxygen atoms in total. The van der Waals surface area contributed by atoms with Gasteiger partial charge in [-0.25, -0.2) is 10.2 Å². The Balaban J connectivity index is 1.83. The number of benzene rings is 2. The number of halogens is 1. The van der Waals surface area contributed by atoms with Crippen LogP contribution >= 0.6 is 11.6 Å². The summed E-state index contributed by atoms with van der Waals surface area (Å²) in [6.45, 7) is 2.94. The summed E-state index contributed by atoms with van der Waals surface area (Å²) in [7, 11) is 0. The number of anilines is 1. The third-order valence-corrected chi connectivity index (χ3v) is 3.91. The fourth-order valence-electron chi connectivity index (χ4n) is 2.41. The molecule has 0 aliphatic carbocycles. The molecule has 0 spiro atoms. The van der Waals surface area contributed by atoms with Gasteiger partial charge in [0.05, 0.1) is 0 Å². The van der Waals surface area contributed by atoms with E-state index < -0.39 is 0 Å². The maximum Gasteiger partial charge on any atom is 0.352 e. The second-order valence-corrected chi connectivity index (χ2v) is 5.81. The predicted molar refractivity (Wildman–Crippen MR) is 99.3 cm³/mol. The van der Waals surface area contributed by atoms with Crippen molar-refractivity contribution in [3.63, 3.8) is 0 Å². The molecule has 0 bridgehead atoms. The van der Waals surface area contributed by atoms with E-state index >= 15 is 0 Å². The van der Waals surface area contributed by atoms with Gasteiger partial charge in [-0.05, 0) is 36.8 Å². The first-order valence-electron chi connectivity index (χ1n) is 7.95. The molecule has 0 aliphatic rings. The molecule has 0 unspecified atom stereocenters. The van der Waals surface area contributed by atoms with Crippen molar-refractivity contribution in [2.24, 2.45) is 0 Å². The second-order valence-electron chi connectivity index (χ2n) is 5.37. The highest BCUT2D eigenvalue weighted by Gasteiger charge is 2.11. The van der Waals surface area contributed by atoms with Gasteiger partial charge >= 0.3 is 5.69 Å². The number of nitrogens with zero attached hydrogens (tertiary/aromatic N) is 3. The molecular weight excluding hydrogens is 338 g/mol.